The zero-order valence-electron chi connectivity index (χ0n) is 62.6. The van der Waals surface area contributed by atoms with Crippen molar-refractivity contribution < 1.29 is 0 Å². The molecule has 0 spiro atoms. The average Bonchev–Trinajstić information content (AvgIpc) is 1.49. The Kier molecular flexibility index (Phi) is 15.2. The number of hydrogen-bond donors (Lipinski definition) is 0. The van der Waals surface area contributed by atoms with E-state index in [-0.39, 0.29) is 0 Å². The molecule has 0 atom stereocenters. The Balaban J connectivity index is 0.000000135. The molecule has 0 N–H and O–H groups in total. The highest BCUT2D eigenvalue weighted by atomic mass is 15.0. The number of allylic oxidation sites excluding steroid dienone is 4. The molecule has 0 fully saturated rings. The highest BCUT2D eigenvalue weighted by molar-refractivity contribution is 6.40. The molecule has 2 aromatic heterocycles. The third-order valence-electron chi connectivity index (χ3n) is 24.6. The van der Waals surface area contributed by atoms with Gasteiger partial charge in [-0.3, -0.25) is 0 Å². The second-order valence-corrected chi connectivity index (χ2v) is 30.8. The SMILES string of the molecule is C1=C(c2ccc3ccccc3c2)CCC(n2c3ccccc3c3c4c5ccccc5c(-c5ccc(-c6ccc7ccccc7c6)cc5)cc4c4ccccc4c32)=C1.c1ccc2c(-c3ccc(-c4cc5c6ccccc6c6c(c7ccccc7n6-c6ccc(-c7cccc8ccccc78)cc6)c5c5ccccc45)cc3)cccc2c1. The lowest BCUT2D eigenvalue weighted by Gasteiger charge is -2.20. The lowest BCUT2D eigenvalue weighted by atomic mass is 9.88. The van der Waals surface area contributed by atoms with Gasteiger partial charge in [-0.15, -0.1) is 0 Å². The van der Waals surface area contributed by atoms with Gasteiger partial charge in [0.25, 0.3) is 0 Å². The number of benzene rings is 21. The van der Waals surface area contributed by atoms with E-state index in [1.165, 1.54) is 224 Å². The van der Waals surface area contributed by atoms with Gasteiger partial charge in [0, 0.05) is 54.5 Å². The molecule has 1 aliphatic rings. The van der Waals surface area contributed by atoms with E-state index in [4.69, 9.17) is 0 Å². The first-order valence-electron chi connectivity index (χ1n) is 39.8. The molecule has 0 saturated heterocycles. The summed E-state index contributed by atoms with van der Waals surface area (Å²) in [6, 6.07) is 148. The summed E-state index contributed by atoms with van der Waals surface area (Å²) in [4.78, 5) is 0. The second-order valence-electron chi connectivity index (χ2n) is 30.8. The fourth-order valence-corrected chi connectivity index (χ4v) is 19.3. The molecule has 21 aromatic carbocycles. The van der Waals surface area contributed by atoms with Crippen LogP contribution in [0.4, 0.5) is 0 Å². The van der Waals surface area contributed by atoms with E-state index < -0.39 is 0 Å². The molecule has 0 amide bonds. The molecule has 23 aromatic rings. The van der Waals surface area contributed by atoms with Gasteiger partial charge in [0.1, 0.15) is 0 Å². The summed E-state index contributed by atoms with van der Waals surface area (Å²) >= 11 is 0. The van der Waals surface area contributed by atoms with Crippen molar-refractivity contribution in [3.8, 4) is 61.3 Å². The Morgan fingerprint density at radius 2 is 0.526 bits per heavy atom. The Hall–Kier alpha value is -14.7. The summed E-state index contributed by atoms with van der Waals surface area (Å²) in [6.07, 6.45) is 6.70. The van der Waals surface area contributed by atoms with Crippen molar-refractivity contribution in [1.29, 1.82) is 0 Å². The molecule has 0 saturated carbocycles. The standard InChI is InChI=1S/C56H35N.C56H37N/c1-3-17-42-36(13-1)15-11-24-44(42)38-27-29-40(30-28-38)51-35-52-47-20-6-8-22-49(47)56-55(54(52)48-21-7-5-19-46(48)51)50-23-9-10-26-53(50)57(56)41-33-31-39(32-34-41)45-25-12-16-37-14-2-4-18-43(37)45;1-3-13-41-33-43(27-23-36(41)11-1)38-21-25-40(26-22-38)51-35-52-47-16-6-8-18-49(47)56-55(54(52)48-17-7-5-15-46(48)51)50-19-9-10-20-53(50)57(56)45-31-29-39(30-32-45)44-28-24-37-12-2-4-14-42(37)34-44/h1-35H;1-29,31,33-35H,30,32H2. The minimum absolute atomic E-state index is 0.966. The van der Waals surface area contributed by atoms with Crippen LogP contribution in [0.25, 0.3) is 224 Å². The summed E-state index contributed by atoms with van der Waals surface area (Å²) in [5.74, 6) is 0. The topological polar surface area (TPSA) is 9.86 Å². The van der Waals surface area contributed by atoms with Crippen LogP contribution in [0.2, 0.25) is 0 Å². The molecule has 114 heavy (non-hydrogen) atoms. The van der Waals surface area contributed by atoms with E-state index in [9.17, 15) is 0 Å². The molecule has 2 nitrogen and oxygen atoms in total. The molecular weight excluding hydrogens is 1370 g/mol. The van der Waals surface area contributed by atoms with Crippen LogP contribution >= 0.6 is 0 Å². The van der Waals surface area contributed by atoms with Crippen LogP contribution in [-0.4, -0.2) is 9.13 Å². The number of aromatic nitrogens is 2. The van der Waals surface area contributed by atoms with Crippen molar-refractivity contribution in [1.82, 2.24) is 9.13 Å². The van der Waals surface area contributed by atoms with Gasteiger partial charge in [-0.25, -0.2) is 0 Å². The predicted octanol–water partition coefficient (Wildman–Crippen LogP) is 31.2. The van der Waals surface area contributed by atoms with Gasteiger partial charge < -0.3 is 9.13 Å². The van der Waals surface area contributed by atoms with Gasteiger partial charge in [-0.2, -0.15) is 0 Å². The van der Waals surface area contributed by atoms with E-state index >= 15 is 0 Å². The van der Waals surface area contributed by atoms with Crippen LogP contribution in [0.15, 0.2) is 413 Å². The van der Waals surface area contributed by atoms with Gasteiger partial charge in [-0.05, 0) is 220 Å². The Morgan fingerprint density at radius 1 is 0.175 bits per heavy atom. The molecule has 0 bridgehead atoms. The quantitative estimate of drug-likeness (QED) is 0.134. The maximum atomic E-state index is 2.58. The Labute approximate surface area is 659 Å². The monoisotopic (exact) mass is 1440 g/mol. The van der Waals surface area contributed by atoms with Gasteiger partial charge in [0.15, 0.2) is 0 Å². The van der Waals surface area contributed by atoms with Crippen molar-refractivity contribution in [3.63, 3.8) is 0 Å². The number of rotatable bonds is 8. The first-order valence-corrected chi connectivity index (χ1v) is 39.8. The van der Waals surface area contributed by atoms with Crippen molar-refractivity contribution in [2.45, 2.75) is 12.8 Å². The zero-order chi connectivity index (χ0) is 74.9. The van der Waals surface area contributed by atoms with Crippen LogP contribution in [-0.2, 0) is 0 Å². The average molecular weight is 1450 g/mol. The summed E-state index contributed by atoms with van der Waals surface area (Å²) in [7, 11) is 0. The van der Waals surface area contributed by atoms with Crippen LogP contribution in [0.1, 0.15) is 18.4 Å². The van der Waals surface area contributed by atoms with Crippen LogP contribution in [0.3, 0.4) is 0 Å². The Morgan fingerprint density at radius 3 is 1.02 bits per heavy atom. The van der Waals surface area contributed by atoms with Gasteiger partial charge in [0.05, 0.1) is 22.1 Å². The predicted molar refractivity (Wildman–Crippen MR) is 490 cm³/mol. The van der Waals surface area contributed by atoms with E-state index in [0.29, 0.717) is 0 Å². The lowest BCUT2D eigenvalue weighted by Crippen LogP contribution is -2.02. The largest absolute Gasteiger partial charge is 0.312 e. The molecule has 0 radical (unpaired) electrons. The van der Waals surface area contributed by atoms with Crippen molar-refractivity contribution in [2.75, 3.05) is 0 Å². The maximum absolute atomic E-state index is 2.58. The first-order chi connectivity index (χ1) is 56.6. The first kappa shape index (κ1) is 65.2. The molecule has 0 unspecified atom stereocenters. The highest BCUT2D eigenvalue weighted by Crippen LogP contribution is 2.51. The van der Waals surface area contributed by atoms with E-state index in [1.54, 1.807) is 0 Å². The van der Waals surface area contributed by atoms with E-state index in [1.807, 2.05) is 0 Å². The van der Waals surface area contributed by atoms with E-state index in [0.717, 1.165) is 18.5 Å². The maximum Gasteiger partial charge on any atom is 0.0626 e. The molecule has 2 heteroatoms. The smallest absolute Gasteiger partial charge is 0.0626 e. The van der Waals surface area contributed by atoms with E-state index in [2.05, 4.69) is 422 Å². The second kappa shape index (κ2) is 26.5. The van der Waals surface area contributed by atoms with Crippen LogP contribution < -0.4 is 0 Å². The third kappa shape index (κ3) is 10.5. The molecule has 2 heterocycles. The number of nitrogens with zero attached hydrogens (tertiary/aromatic N) is 2. The fraction of sp³-hybridized carbons (Fsp3) is 0.0179. The number of fused-ring (bicyclic) bond motifs is 24. The minimum Gasteiger partial charge on any atom is -0.312 e. The fourth-order valence-electron chi connectivity index (χ4n) is 19.3. The summed E-state index contributed by atoms with van der Waals surface area (Å²) in [5, 5.41) is 30.8. The van der Waals surface area contributed by atoms with Gasteiger partial charge in [-0.1, -0.05) is 358 Å². The third-order valence-corrected chi connectivity index (χ3v) is 24.6. The summed E-state index contributed by atoms with van der Waals surface area (Å²) in [5.41, 5.74) is 22.6. The molecule has 530 valence electrons. The number of para-hydroxylation sites is 2. The molecular formula is C112H72N2. The van der Waals surface area contributed by atoms with Crippen molar-refractivity contribution in [3.05, 3.63) is 418 Å². The molecule has 0 aliphatic heterocycles. The van der Waals surface area contributed by atoms with Gasteiger partial charge in [0.2, 0.25) is 0 Å². The minimum atomic E-state index is 0.966. The molecule has 24 rings (SSSR count). The van der Waals surface area contributed by atoms with Gasteiger partial charge >= 0.3 is 0 Å². The summed E-state index contributed by atoms with van der Waals surface area (Å²) in [6.45, 7) is 0. The zero-order valence-corrected chi connectivity index (χ0v) is 62.6. The van der Waals surface area contributed by atoms with Crippen LogP contribution in [0, 0.1) is 0 Å². The normalized spacial score (nSPS) is 12.6. The lowest BCUT2D eigenvalue weighted by molar-refractivity contribution is 0.994. The van der Waals surface area contributed by atoms with Crippen LogP contribution in [0.5, 0.6) is 0 Å². The summed E-state index contributed by atoms with van der Waals surface area (Å²) < 4.78 is 5.07. The molecule has 1 aliphatic carbocycles. The highest BCUT2D eigenvalue weighted by Gasteiger charge is 2.26. The number of hydrogen-bond acceptors (Lipinski definition) is 0. The van der Waals surface area contributed by atoms with Crippen molar-refractivity contribution >= 4 is 163 Å². The van der Waals surface area contributed by atoms with Crippen molar-refractivity contribution in [2.24, 2.45) is 0 Å². The Bertz CT molecular complexity index is 7990.